The molecule has 0 unspecified atom stereocenters. The van der Waals surface area contributed by atoms with Crippen molar-refractivity contribution in [2.45, 2.75) is 12.8 Å². The molecular formula is C19H20ClFN6. The Bertz CT molecular complexity index is 854. The molecule has 0 spiro atoms. The smallest absolute Gasteiger partial charge is 0.226 e. The van der Waals surface area contributed by atoms with Crippen LogP contribution in [0.4, 0.5) is 21.8 Å². The van der Waals surface area contributed by atoms with Crippen molar-refractivity contribution >= 4 is 29.1 Å². The van der Waals surface area contributed by atoms with Crippen LogP contribution in [-0.4, -0.2) is 42.7 Å². The van der Waals surface area contributed by atoms with Gasteiger partial charge in [-0.3, -0.25) is 0 Å². The van der Waals surface area contributed by atoms with Crippen molar-refractivity contribution in [3.05, 3.63) is 40.8 Å². The van der Waals surface area contributed by atoms with Gasteiger partial charge < -0.3 is 15.1 Å². The molecular weight excluding hydrogens is 367 g/mol. The van der Waals surface area contributed by atoms with Gasteiger partial charge in [-0.1, -0.05) is 11.6 Å². The summed E-state index contributed by atoms with van der Waals surface area (Å²) in [5, 5.41) is 12.9. The molecule has 0 amide bonds. The van der Waals surface area contributed by atoms with Crippen molar-refractivity contribution < 1.29 is 4.39 Å². The zero-order valence-corrected chi connectivity index (χ0v) is 15.6. The number of halogens is 2. The van der Waals surface area contributed by atoms with E-state index in [9.17, 15) is 9.65 Å². The van der Waals surface area contributed by atoms with Crippen LogP contribution >= 0.6 is 11.6 Å². The minimum atomic E-state index is -0.238. The molecule has 1 aliphatic heterocycles. The van der Waals surface area contributed by atoms with Gasteiger partial charge >= 0.3 is 0 Å². The van der Waals surface area contributed by atoms with Gasteiger partial charge in [-0.05, 0) is 43.0 Å². The Morgan fingerprint density at radius 1 is 1.11 bits per heavy atom. The van der Waals surface area contributed by atoms with Crippen LogP contribution in [0, 0.1) is 23.1 Å². The summed E-state index contributed by atoms with van der Waals surface area (Å²) in [6.07, 6.45) is 2.46. The third-order valence-electron chi connectivity index (χ3n) is 4.97. The van der Waals surface area contributed by atoms with Crippen molar-refractivity contribution in [2.75, 3.05) is 47.8 Å². The van der Waals surface area contributed by atoms with Gasteiger partial charge in [0, 0.05) is 38.4 Å². The molecule has 140 valence electrons. The maximum atomic E-state index is 13.1. The van der Waals surface area contributed by atoms with Crippen LogP contribution < -0.4 is 15.1 Å². The Morgan fingerprint density at radius 2 is 1.78 bits per heavy atom. The average molecular weight is 387 g/mol. The molecule has 8 heteroatoms. The molecule has 0 bridgehead atoms. The van der Waals surface area contributed by atoms with Gasteiger partial charge in [0.25, 0.3) is 0 Å². The normalized spacial score (nSPS) is 16.9. The molecule has 6 nitrogen and oxygen atoms in total. The van der Waals surface area contributed by atoms with E-state index in [0.717, 1.165) is 25.3 Å². The number of nitriles is 1. The van der Waals surface area contributed by atoms with E-state index in [2.05, 4.69) is 31.2 Å². The highest BCUT2D eigenvalue weighted by molar-refractivity contribution is 6.31. The molecule has 4 rings (SSSR count). The van der Waals surface area contributed by atoms with Crippen LogP contribution in [-0.2, 0) is 0 Å². The lowest BCUT2D eigenvalue weighted by atomic mass is 10.2. The average Bonchev–Trinajstić information content (AvgIpc) is 3.51. The first-order valence-corrected chi connectivity index (χ1v) is 9.49. The molecule has 1 N–H and O–H groups in total. The van der Waals surface area contributed by atoms with Gasteiger partial charge in [0.1, 0.15) is 17.4 Å². The lowest BCUT2D eigenvalue weighted by molar-refractivity contribution is 0.624. The minimum absolute atomic E-state index is 0.182. The monoisotopic (exact) mass is 386 g/mol. The summed E-state index contributed by atoms with van der Waals surface area (Å²) in [6, 6.07) is 8.64. The number of piperazine rings is 1. The Labute approximate surface area is 162 Å². The van der Waals surface area contributed by atoms with Crippen LogP contribution in [0.3, 0.4) is 0 Å². The highest BCUT2D eigenvalue weighted by Gasteiger charge is 2.25. The number of nitrogens with one attached hydrogen (secondary N) is 1. The van der Waals surface area contributed by atoms with Gasteiger partial charge in [0.15, 0.2) is 11.0 Å². The third-order valence-corrected chi connectivity index (χ3v) is 5.25. The highest BCUT2D eigenvalue weighted by atomic mass is 35.5. The second kappa shape index (κ2) is 7.57. The lowest BCUT2D eigenvalue weighted by Gasteiger charge is -2.37. The van der Waals surface area contributed by atoms with Gasteiger partial charge in [-0.25, -0.2) is 4.39 Å². The predicted molar refractivity (Wildman–Crippen MR) is 104 cm³/mol. The summed E-state index contributed by atoms with van der Waals surface area (Å²) >= 11 is 6.24. The van der Waals surface area contributed by atoms with Gasteiger partial charge in [0.05, 0.1) is 0 Å². The standard InChI is InChI=1S/C19H20ClFN6/c20-17-16(11-22)18(25-19(24-17)23-12-13-1-2-13)27-9-7-26(8-10-27)15-5-3-14(21)4-6-15/h3-6,13H,1-2,7-10,12H2,(H,23,24,25). The van der Waals surface area contributed by atoms with E-state index in [1.54, 1.807) is 12.1 Å². The number of nitrogens with zero attached hydrogens (tertiary/aromatic N) is 5. The van der Waals surface area contributed by atoms with E-state index in [4.69, 9.17) is 11.6 Å². The molecule has 1 aromatic heterocycles. The second-order valence-electron chi connectivity index (χ2n) is 6.92. The Morgan fingerprint density at radius 3 is 2.41 bits per heavy atom. The minimum Gasteiger partial charge on any atom is -0.368 e. The van der Waals surface area contributed by atoms with Crippen LogP contribution in [0.15, 0.2) is 24.3 Å². The quantitative estimate of drug-likeness (QED) is 0.795. The van der Waals surface area contributed by atoms with Crippen molar-refractivity contribution in [1.82, 2.24) is 9.97 Å². The summed E-state index contributed by atoms with van der Waals surface area (Å²) in [5.74, 6) is 1.50. The molecule has 1 aromatic carbocycles. The van der Waals surface area contributed by atoms with Crippen molar-refractivity contribution in [1.29, 1.82) is 5.26 Å². The van der Waals surface area contributed by atoms with E-state index in [0.29, 0.717) is 36.3 Å². The number of hydrogen-bond donors (Lipinski definition) is 1. The van der Waals surface area contributed by atoms with E-state index >= 15 is 0 Å². The fourth-order valence-corrected chi connectivity index (χ4v) is 3.42. The first-order chi connectivity index (χ1) is 13.1. The second-order valence-corrected chi connectivity index (χ2v) is 7.28. The maximum absolute atomic E-state index is 13.1. The molecule has 0 radical (unpaired) electrons. The fraction of sp³-hybridized carbons (Fsp3) is 0.421. The summed E-state index contributed by atoms with van der Waals surface area (Å²) < 4.78 is 13.1. The summed E-state index contributed by atoms with van der Waals surface area (Å²) in [7, 11) is 0. The largest absolute Gasteiger partial charge is 0.368 e. The Hall–Kier alpha value is -2.59. The SMILES string of the molecule is N#Cc1c(Cl)nc(NCC2CC2)nc1N1CCN(c2ccc(F)cc2)CC1. The Balaban J connectivity index is 1.49. The van der Waals surface area contributed by atoms with Gasteiger partial charge in [-0.15, -0.1) is 0 Å². The lowest BCUT2D eigenvalue weighted by Crippen LogP contribution is -2.47. The first-order valence-electron chi connectivity index (χ1n) is 9.11. The molecule has 1 aliphatic carbocycles. The number of aromatic nitrogens is 2. The molecule has 0 atom stereocenters. The summed E-state index contributed by atoms with van der Waals surface area (Å²) in [4.78, 5) is 13.0. The summed E-state index contributed by atoms with van der Waals surface area (Å²) in [5.41, 5.74) is 1.30. The molecule has 1 saturated heterocycles. The van der Waals surface area contributed by atoms with Crippen LogP contribution in [0.5, 0.6) is 0 Å². The molecule has 27 heavy (non-hydrogen) atoms. The topological polar surface area (TPSA) is 68.1 Å². The number of rotatable bonds is 5. The maximum Gasteiger partial charge on any atom is 0.226 e. The number of anilines is 3. The van der Waals surface area contributed by atoms with Gasteiger partial charge in [-0.2, -0.15) is 15.2 Å². The Kier molecular flexibility index (Phi) is 4.99. The zero-order chi connectivity index (χ0) is 18.8. The first kappa shape index (κ1) is 17.8. The van der Waals surface area contributed by atoms with E-state index in [-0.39, 0.29) is 11.0 Å². The van der Waals surface area contributed by atoms with Crippen LogP contribution in [0.1, 0.15) is 18.4 Å². The molecule has 2 fully saturated rings. The molecule has 2 heterocycles. The molecule has 2 aliphatic rings. The predicted octanol–water partition coefficient (Wildman–Crippen LogP) is 3.29. The third kappa shape index (κ3) is 4.06. The number of hydrogen-bond acceptors (Lipinski definition) is 6. The van der Waals surface area contributed by atoms with E-state index in [1.165, 1.54) is 25.0 Å². The van der Waals surface area contributed by atoms with Crippen molar-refractivity contribution in [3.63, 3.8) is 0 Å². The zero-order valence-electron chi connectivity index (χ0n) is 14.8. The highest BCUT2D eigenvalue weighted by Crippen LogP contribution is 2.30. The molecule has 1 saturated carbocycles. The van der Waals surface area contributed by atoms with Crippen LogP contribution in [0.2, 0.25) is 5.15 Å². The van der Waals surface area contributed by atoms with Crippen molar-refractivity contribution in [3.8, 4) is 6.07 Å². The van der Waals surface area contributed by atoms with Gasteiger partial charge in [0.2, 0.25) is 5.95 Å². The van der Waals surface area contributed by atoms with Crippen LogP contribution in [0.25, 0.3) is 0 Å². The van der Waals surface area contributed by atoms with Crippen molar-refractivity contribution in [2.24, 2.45) is 5.92 Å². The fourth-order valence-electron chi connectivity index (χ4n) is 3.21. The van der Waals surface area contributed by atoms with E-state index < -0.39 is 0 Å². The number of benzene rings is 1. The summed E-state index contributed by atoms with van der Waals surface area (Å²) in [6.45, 7) is 3.73. The van der Waals surface area contributed by atoms with E-state index in [1.807, 2.05) is 0 Å². The molecule has 2 aromatic rings.